The first-order valence-electron chi connectivity index (χ1n) is 11.1. The van der Waals surface area contributed by atoms with E-state index in [4.69, 9.17) is 19.2 Å². The molecule has 4 rings (SSSR count). The van der Waals surface area contributed by atoms with Gasteiger partial charge in [-0.1, -0.05) is 23.9 Å². The van der Waals surface area contributed by atoms with Crippen molar-refractivity contribution in [1.82, 2.24) is 14.5 Å². The van der Waals surface area contributed by atoms with Gasteiger partial charge in [0.2, 0.25) is 5.91 Å². The fraction of sp³-hybridized carbons (Fsp3) is 0.400. The standard InChI is InChI=1S/C25H29N3O5S/c1-16(14-31-2)28-24(30)19-7-5-6-8-20(19)26-25(28)34-15-23(29)27-10-9-17-11-21(32-3)22(33-4)12-18(17)13-27/h5-8,11-12,16H,9-10,13-15H2,1-4H3/t16-/m1/s1. The number of amides is 1. The van der Waals surface area contributed by atoms with Crippen molar-refractivity contribution in [2.24, 2.45) is 0 Å². The van der Waals surface area contributed by atoms with Gasteiger partial charge in [0.1, 0.15) is 0 Å². The van der Waals surface area contributed by atoms with E-state index < -0.39 is 0 Å². The van der Waals surface area contributed by atoms with Crippen LogP contribution in [0.3, 0.4) is 0 Å². The minimum absolute atomic E-state index is 0.00112. The molecule has 1 aliphatic rings. The lowest BCUT2D eigenvalue weighted by Crippen LogP contribution is -2.37. The molecular weight excluding hydrogens is 454 g/mol. The molecule has 180 valence electrons. The molecule has 0 N–H and O–H groups in total. The molecule has 8 nitrogen and oxygen atoms in total. The van der Waals surface area contributed by atoms with Gasteiger partial charge in [0.05, 0.1) is 43.5 Å². The lowest BCUT2D eigenvalue weighted by atomic mass is 9.99. The number of fused-ring (bicyclic) bond motifs is 2. The normalized spacial score (nSPS) is 14.1. The Hall–Kier alpha value is -3.04. The predicted octanol–water partition coefficient (Wildman–Crippen LogP) is 3.30. The van der Waals surface area contributed by atoms with Gasteiger partial charge in [0, 0.05) is 20.2 Å². The molecule has 0 radical (unpaired) electrons. The molecular formula is C25H29N3O5S. The highest BCUT2D eigenvalue weighted by Crippen LogP contribution is 2.33. The van der Waals surface area contributed by atoms with E-state index in [0.717, 1.165) is 17.5 Å². The largest absolute Gasteiger partial charge is 0.493 e. The van der Waals surface area contributed by atoms with Gasteiger partial charge in [-0.15, -0.1) is 0 Å². The van der Waals surface area contributed by atoms with Crippen molar-refractivity contribution in [1.29, 1.82) is 0 Å². The van der Waals surface area contributed by atoms with Crippen LogP contribution in [0.4, 0.5) is 0 Å². The Morgan fingerprint density at radius 3 is 2.53 bits per heavy atom. The Balaban J connectivity index is 1.55. The van der Waals surface area contributed by atoms with Crippen molar-refractivity contribution in [3.8, 4) is 11.5 Å². The van der Waals surface area contributed by atoms with Crippen LogP contribution >= 0.6 is 11.8 Å². The molecule has 2 heterocycles. The number of ether oxygens (including phenoxy) is 3. The highest BCUT2D eigenvalue weighted by molar-refractivity contribution is 7.99. The van der Waals surface area contributed by atoms with Crippen LogP contribution in [0.2, 0.25) is 0 Å². The van der Waals surface area contributed by atoms with Crippen LogP contribution < -0.4 is 15.0 Å². The van der Waals surface area contributed by atoms with Crippen molar-refractivity contribution < 1.29 is 19.0 Å². The van der Waals surface area contributed by atoms with Gasteiger partial charge in [0.25, 0.3) is 5.56 Å². The molecule has 0 bridgehead atoms. The van der Waals surface area contributed by atoms with E-state index in [1.54, 1.807) is 32.0 Å². The fourth-order valence-electron chi connectivity index (χ4n) is 4.25. The van der Waals surface area contributed by atoms with Gasteiger partial charge < -0.3 is 19.1 Å². The molecule has 0 fully saturated rings. The number of carbonyl (C=O) groups is 1. The molecule has 0 saturated heterocycles. The minimum atomic E-state index is -0.212. The van der Waals surface area contributed by atoms with Crippen molar-refractivity contribution >= 4 is 28.6 Å². The zero-order chi connectivity index (χ0) is 24.2. The zero-order valence-electron chi connectivity index (χ0n) is 19.9. The molecule has 1 aromatic heterocycles. The molecule has 34 heavy (non-hydrogen) atoms. The third-order valence-corrected chi connectivity index (χ3v) is 6.96. The monoisotopic (exact) mass is 483 g/mol. The Morgan fingerprint density at radius 1 is 1.12 bits per heavy atom. The number of nitrogens with zero attached hydrogens (tertiary/aromatic N) is 3. The number of methoxy groups -OCH3 is 3. The average Bonchev–Trinajstić information content (AvgIpc) is 2.86. The first kappa shape index (κ1) is 24.1. The van der Waals surface area contributed by atoms with Crippen LogP contribution in [0.25, 0.3) is 10.9 Å². The number of rotatable bonds is 8. The zero-order valence-corrected chi connectivity index (χ0v) is 20.7. The summed E-state index contributed by atoms with van der Waals surface area (Å²) in [5.74, 6) is 1.54. The smallest absolute Gasteiger partial charge is 0.262 e. The van der Waals surface area contributed by atoms with E-state index in [2.05, 4.69) is 0 Å². The second-order valence-electron chi connectivity index (χ2n) is 8.22. The Labute approximate surface area is 202 Å². The summed E-state index contributed by atoms with van der Waals surface area (Å²) in [6.07, 6.45) is 0.746. The van der Waals surface area contributed by atoms with Crippen LogP contribution in [0.15, 0.2) is 46.3 Å². The number of thioether (sulfide) groups is 1. The quantitative estimate of drug-likeness (QED) is 0.359. The van der Waals surface area contributed by atoms with Crippen LogP contribution in [0, 0.1) is 0 Å². The Bertz CT molecular complexity index is 1260. The van der Waals surface area contributed by atoms with E-state index in [9.17, 15) is 9.59 Å². The number of aromatic nitrogens is 2. The summed E-state index contributed by atoms with van der Waals surface area (Å²) < 4.78 is 17.7. The number of hydrogen-bond donors (Lipinski definition) is 0. The van der Waals surface area contributed by atoms with Gasteiger partial charge in [-0.25, -0.2) is 4.98 Å². The van der Waals surface area contributed by atoms with Gasteiger partial charge in [-0.3, -0.25) is 14.2 Å². The van der Waals surface area contributed by atoms with Crippen LogP contribution in [0.1, 0.15) is 24.1 Å². The number of carbonyl (C=O) groups excluding carboxylic acids is 1. The molecule has 9 heteroatoms. The molecule has 3 aromatic rings. The number of hydrogen-bond acceptors (Lipinski definition) is 7. The lowest BCUT2D eigenvalue weighted by molar-refractivity contribution is -0.129. The van der Waals surface area contributed by atoms with Crippen LogP contribution in [0.5, 0.6) is 11.5 Å². The van der Waals surface area contributed by atoms with E-state index in [1.165, 1.54) is 11.8 Å². The van der Waals surface area contributed by atoms with Crippen molar-refractivity contribution in [3.05, 3.63) is 57.9 Å². The van der Waals surface area contributed by atoms with Gasteiger partial charge in [-0.05, 0) is 48.7 Å². The molecule has 1 atom stereocenters. The highest BCUT2D eigenvalue weighted by atomic mass is 32.2. The van der Waals surface area contributed by atoms with Gasteiger partial charge in [0.15, 0.2) is 16.7 Å². The van der Waals surface area contributed by atoms with E-state index in [-0.39, 0.29) is 23.3 Å². The molecule has 0 spiro atoms. The maximum atomic E-state index is 13.2. The molecule has 0 aliphatic carbocycles. The summed E-state index contributed by atoms with van der Waals surface area (Å²) in [5.41, 5.74) is 2.71. The van der Waals surface area contributed by atoms with E-state index in [0.29, 0.717) is 47.3 Å². The summed E-state index contributed by atoms with van der Waals surface area (Å²) >= 11 is 1.29. The van der Waals surface area contributed by atoms with E-state index in [1.807, 2.05) is 42.2 Å². The second-order valence-corrected chi connectivity index (χ2v) is 9.16. The molecule has 0 saturated carbocycles. The van der Waals surface area contributed by atoms with Crippen molar-refractivity contribution in [2.45, 2.75) is 31.1 Å². The maximum Gasteiger partial charge on any atom is 0.262 e. The molecule has 0 unspecified atom stereocenters. The molecule has 1 aliphatic heterocycles. The molecule has 2 aromatic carbocycles. The predicted molar refractivity (Wildman–Crippen MR) is 132 cm³/mol. The third-order valence-electron chi connectivity index (χ3n) is 6.02. The highest BCUT2D eigenvalue weighted by Gasteiger charge is 2.24. The van der Waals surface area contributed by atoms with Gasteiger partial charge >= 0.3 is 0 Å². The summed E-state index contributed by atoms with van der Waals surface area (Å²) in [6.45, 7) is 3.42. The van der Waals surface area contributed by atoms with Gasteiger partial charge in [-0.2, -0.15) is 0 Å². The second kappa shape index (κ2) is 10.5. The molecule has 1 amide bonds. The maximum absolute atomic E-state index is 13.2. The SMILES string of the molecule is COC[C@@H](C)n1c(SCC(=O)N2CCc3cc(OC)c(OC)cc3C2)nc2ccccc2c1=O. The number of benzene rings is 2. The Kier molecular flexibility index (Phi) is 7.43. The number of para-hydroxylation sites is 1. The summed E-state index contributed by atoms with van der Waals surface area (Å²) in [7, 11) is 4.83. The third kappa shape index (κ3) is 4.76. The Morgan fingerprint density at radius 2 is 1.82 bits per heavy atom. The summed E-state index contributed by atoms with van der Waals surface area (Å²) in [4.78, 5) is 32.9. The average molecular weight is 484 g/mol. The first-order chi connectivity index (χ1) is 16.5. The van der Waals surface area contributed by atoms with Crippen LogP contribution in [-0.4, -0.2) is 60.6 Å². The summed E-state index contributed by atoms with van der Waals surface area (Å²) in [5, 5.41) is 1.07. The lowest BCUT2D eigenvalue weighted by Gasteiger charge is -2.29. The fourth-order valence-corrected chi connectivity index (χ4v) is 5.25. The van der Waals surface area contributed by atoms with E-state index >= 15 is 0 Å². The minimum Gasteiger partial charge on any atom is -0.493 e. The summed E-state index contributed by atoms with van der Waals surface area (Å²) in [6, 6.07) is 11.0. The first-order valence-corrected chi connectivity index (χ1v) is 12.1. The van der Waals surface area contributed by atoms with Crippen LogP contribution in [-0.2, 0) is 22.5 Å². The van der Waals surface area contributed by atoms with Crippen molar-refractivity contribution in [3.63, 3.8) is 0 Å². The topological polar surface area (TPSA) is 82.9 Å². The van der Waals surface area contributed by atoms with Crippen molar-refractivity contribution in [2.75, 3.05) is 40.2 Å².